The minimum Gasteiger partial charge on any atom is -0.350 e. The molecule has 1 aromatic carbocycles. The molecule has 0 spiro atoms. The van der Waals surface area contributed by atoms with E-state index in [0.717, 1.165) is 10.8 Å². The number of fused-ring (bicyclic) bond motifs is 1. The molecule has 5 rings (SSSR count). The highest BCUT2D eigenvalue weighted by molar-refractivity contribution is 7.90. The average Bonchev–Trinajstić information content (AvgIpc) is 2.92. The molecule has 1 atom stereocenters. The lowest BCUT2D eigenvalue weighted by Crippen LogP contribution is -2.54. The number of nitrogens with zero attached hydrogens (tertiary/aromatic N) is 6. The van der Waals surface area contributed by atoms with Crippen LogP contribution < -0.4 is 10.6 Å². The molecule has 1 saturated heterocycles. The lowest BCUT2D eigenvalue weighted by Gasteiger charge is -2.40. The maximum absolute atomic E-state index is 14.9. The van der Waals surface area contributed by atoms with Crippen molar-refractivity contribution in [2.24, 2.45) is 0 Å². The zero-order chi connectivity index (χ0) is 29.6. The fraction of sp³-hybridized carbons (Fsp3) is 0.222. The van der Waals surface area contributed by atoms with E-state index < -0.39 is 26.4 Å². The highest BCUT2D eigenvalue weighted by Crippen LogP contribution is 2.36. The Morgan fingerprint density at radius 2 is 1.88 bits per heavy atom. The van der Waals surface area contributed by atoms with Crippen LogP contribution in [-0.2, 0) is 14.6 Å². The summed E-state index contributed by atoms with van der Waals surface area (Å²) in [6.45, 7) is 6.39. The first-order valence-electron chi connectivity index (χ1n) is 12.3. The number of amides is 1. The Hall–Kier alpha value is -3.87. The quantitative estimate of drug-likeness (QED) is 0.310. The van der Waals surface area contributed by atoms with Crippen LogP contribution in [0.25, 0.3) is 28.0 Å². The summed E-state index contributed by atoms with van der Waals surface area (Å²) in [5.74, 6) is -0.601. The maximum Gasteiger partial charge on any atom is 0.355 e. The van der Waals surface area contributed by atoms with E-state index in [-0.39, 0.29) is 55.8 Å². The molecular weight excluding hydrogens is 594 g/mol. The Morgan fingerprint density at radius 3 is 2.54 bits per heavy atom. The molecule has 0 unspecified atom stereocenters. The van der Waals surface area contributed by atoms with Gasteiger partial charge in [0, 0.05) is 43.7 Å². The molecule has 0 N–H and O–H groups in total. The van der Waals surface area contributed by atoms with Crippen LogP contribution in [0.1, 0.15) is 6.92 Å². The third-order valence-corrected chi connectivity index (χ3v) is 8.33. The number of hydrogen-bond acceptors (Lipinski definition) is 8. The van der Waals surface area contributed by atoms with Gasteiger partial charge in [0.15, 0.2) is 20.5 Å². The number of aromatic nitrogens is 4. The van der Waals surface area contributed by atoms with E-state index in [1.54, 1.807) is 11.0 Å². The summed E-state index contributed by atoms with van der Waals surface area (Å²) in [5.41, 5.74) is -1.09. The predicted molar refractivity (Wildman–Crippen MR) is 155 cm³/mol. The van der Waals surface area contributed by atoms with Crippen LogP contribution in [0.5, 0.6) is 0 Å². The Balaban J connectivity index is 1.84. The van der Waals surface area contributed by atoms with Gasteiger partial charge >= 0.3 is 5.69 Å². The normalized spacial score (nSPS) is 15.8. The van der Waals surface area contributed by atoms with E-state index in [2.05, 4.69) is 21.5 Å². The molecule has 0 radical (unpaired) electrons. The molecule has 4 heterocycles. The fourth-order valence-corrected chi connectivity index (χ4v) is 6.20. The van der Waals surface area contributed by atoms with E-state index in [1.165, 1.54) is 42.6 Å². The standard InChI is InChI=1S/C27H23Cl2FN6O4S/c1-4-21(37)34-11-12-35(15(2)14-34)24-17-13-19(29)22(16-7-5-6-8-20(16)30)32-25(17)36(27(38)33-24)23-18(28)9-10-31-26(23)41(3,39)40/h4-10,13,15H,1,11-12,14H2,2-3H3/t15-/m0/s1. The van der Waals surface area contributed by atoms with Crippen LogP contribution in [0, 0.1) is 5.82 Å². The van der Waals surface area contributed by atoms with E-state index in [0.29, 0.717) is 19.6 Å². The number of carbonyl (C=O) groups excluding carboxylic acids is 1. The van der Waals surface area contributed by atoms with Crippen molar-refractivity contribution in [1.82, 2.24) is 24.4 Å². The van der Waals surface area contributed by atoms with Gasteiger partial charge in [-0.2, -0.15) is 4.98 Å². The third kappa shape index (κ3) is 5.18. The Morgan fingerprint density at radius 1 is 1.15 bits per heavy atom. The monoisotopic (exact) mass is 616 g/mol. The second-order valence-corrected chi connectivity index (χ2v) is 12.2. The molecule has 0 aliphatic carbocycles. The lowest BCUT2D eigenvalue weighted by atomic mass is 10.1. The Kier molecular flexibility index (Phi) is 7.58. The van der Waals surface area contributed by atoms with Gasteiger partial charge < -0.3 is 9.80 Å². The van der Waals surface area contributed by atoms with Gasteiger partial charge in [-0.3, -0.25) is 4.79 Å². The van der Waals surface area contributed by atoms with Gasteiger partial charge in [0.2, 0.25) is 5.91 Å². The molecule has 1 fully saturated rings. The number of sulfone groups is 1. The lowest BCUT2D eigenvalue weighted by molar-refractivity contribution is -0.126. The first-order chi connectivity index (χ1) is 19.4. The minimum atomic E-state index is -3.98. The largest absolute Gasteiger partial charge is 0.355 e. The summed E-state index contributed by atoms with van der Waals surface area (Å²) in [6.07, 6.45) is 3.38. The Labute approximate surface area is 244 Å². The van der Waals surface area contributed by atoms with Gasteiger partial charge in [0.05, 0.1) is 21.1 Å². The summed E-state index contributed by atoms with van der Waals surface area (Å²) >= 11 is 13.1. The van der Waals surface area contributed by atoms with Crippen LogP contribution in [0.3, 0.4) is 0 Å². The molecule has 212 valence electrons. The molecule has 3 aromatic heterocycles. The number of halogens is 3. The number of rotatable bonds is 5. The first-order valence-corrected chi connectivity index (χ1v) is 15.0. The second kappa shape index (κ2) is 10.8. The van der Waals surface area contributed by atoms with Crippen molar-refractivity contribution >= 4 is 55.8 Å². The van der Waals surface area contributed by atoms with Crippen LogP contribution >= 0.6 is 23.2 Å². The van der Waals surface area contributed by atoms with Crippen molar-refractivity contribution in [3.05, 3.63) is 81.6 Å². The number of anilines is 1. The van der Waals surface area contributed by atoms with Crippen molar-refractivity contribution in [3.63, 3.8) is 0 Å². The van der Waals surface area contributed by atoms with Crippen LogP contribution in [0.2, 0.25) is 10.0 Å². The van der Waals surface area contributed by atoms with Gasteiger partial charge in [0.25, 0.3) is 0 Å². The van der Waals surface area contributed by atoms with Crippen molar-refractivity contribution < 1.29 is 17.6 Å². The van der Waals surface area contributed by atoms with Gasteiger partial charge in [-0.15, -0.1) is 0 Å². The third-order valence-electron chi connectivity index (χ3n) is 6.73. The van der Waals surface area contributed by atoms with Crippen molar-refractivity contribution in [3.8, 4) is 16.9 Å². The molecule has 0 bridgehead atoms. The number of benzene rings is 1. The molecule has 41 heavy (non-hydrogen) atoms. The zero-order valence-corrected chi connectivity index (χ0v) is 24.2. The van der Waals surface area contributed by atoms with Crippen molar-refractivity contribution in [1.29, 1.82) is 0 Å². The average molecular weight is 617 g/mol. The second-order valence-electron chi connectivity index (χ2n) is 9.47. The van der Waals surface area contributed by atoms with Crippen LogP contribution in [-0.4, -0.2) is 70.7 Å². The number of piperazine rings is 1. The summed E-state index contributed by atoms with van der Waals surface area (Å²) in [6, 6.07) is 8.41. The van der Waals surface area contributed by atoms with Crippen LogP contribution in [0.4, 0.5) is 10.2 Å². The predicted octanol–water partition coefficient (Wildman–Crippen LogP) is 3.92. The maximum atomic E-state index is 14.9. The molecule has 1 amide bonds. The minimum absolute atomic E-state index is 0.0259. The van der Waals surface area contributed by atoms with Gasteiger partial charge in [-0.25, -0.2) is 32.1 Å². The summed E-state index contributed by atoms with van der Waals surface area (Å²) in [5, 5.41) is -0.196. The number of hydrogen-bond donors (Lipinski definition) is 0. The number of carbonyl (C=O) groups is 1. The molecule has 1 aliphatic heterocycles. The first kappa shape index (κ1) is 28.7. The van der Waals surface area contributed by atoms with Crippen molar-refractivity contribution in [2.45, 2.75) is 18.0 Å². The fourth-order valence-electron chi connectivity index (χ4n) is 4.86. The van der Waals surface area contributed by atoms with E-state index in [1.807, 2.05) is 11.8 Å². The SMILES string of the molecule is C=CC(=O)N1CCN(c2nc(=O)n(-c3c(Cl)ccnc3S(C)(=O)=O)c3nc(-c4ccccc4F)c(Cl)cc23)[C@@H](C)C1. The van der Waals surface area contributed by atoms with Crippen molar-refractivity contribution in [2.75, 3.05) is 30.8 Å². The van der Waals surface area contributed by atoms with E-state index in [4.69, 9.17) is 23.2 Å². The topological polar surface area (TPSA) is 118 Å². The molecule has 4 aromatic rings. The zero-order valence-electron chi connectivity index (χ0n) is 21.9. The molecule has 1 aliphatic rings. The molecule has 0 saturated carbocycles. The molecular formula is C27H23Cl2FN6O4S. The van der Waals surface area contributed by atoms with Gasteiger partial charge in [-0.05, 0) is 37.3 Å². The summed E-state index contributed by atoms with van der Waals surface area (Å²) < 4.78 is 41.2. The van der Waals surface area contributed by atoms with Gasteiger partial charge in [-0.1, -0.05) is 41.9 Å². The smallest absolute Gasteiger partial charge is 0.350 e. The van der Waals surface area contributed by atoms with Crippen LogP contribution in [0.15, 0.2) is 65.1 Å². The van der Waals surface area contributed by atoms with E-state index >= 15 is 0 Å². The summed E-state index contributed by atoms with van der Waals surface area (Å²) in [4.78, 5) is 42.4. The van der Waals surface area contributed by atoms with Gasteiger partial charge in [0.1, 0.15) is 17.3 Å². The van der Waals surface area contributed by atoms with E-state index in [9.17, 15) is 22.4 Å². The highest BCUT2D eigenvalue weighted by Gasteiger charge is 2.31. The number of pyridine rings is 2. The Bertz CT molecular complexity index is 1900. The molecule has 14 heteroatoms. The highest BCUT2D eigenvalue weighted by atomic mass is 35.5. The molecule has 10 nitrogen and oxygen atoms in total. The summed E-state index contributed by atoms with van der Waals surface area (Å²) in [7, 11) is -3.98.